The Kier molecular flexibility index (Phi) is 5.50. The molecule has 31 heavy (non-hydrogen) atoms. The van der Waals surface area contributed by atoms with E-state index in [1.165, 1.54) is 34.2 Å². The summed E-state index contributed by atoms with van der Waals surface area (Å²) < 4.78 is 31.6. The van der Waals surface area contributed by atoms with Crippen LogP contribution in [-0.2, 0) is 14.9 Å². The van der Waals surface area contributed by atoms with Crippen LogP contribution in [0.2, 0.25) is 0 Å². The van der Waals surface area contributed by atoms with Crippen LogP contribution in [-0.4, -0.2) is 31.1 Å². The Morgan fingerprint density at radius 2 is 1.84 bits per heavy atom. The molecule has 2 aromatic carbocycles. The van der Waals surface area contributed by atoms with E-state index in [4.69, 9.17) is 4.55 Å². The zero-order valence-corrected chi connectivity index (χ0v) is 18.9. The number of hydrazone groups is 1. The van der Waals surface area contributed by atoms with Crippen LogP contribution in [0.3, 0.4) is 0 Å². The van der Waals surface area contributed by atoms with E-state index in [2.05, 4.69) is 29.1 Å². The van der Waals surface area contributed by atoms with Gasteiger partial charge in [-0.25, -0.2) is 0 Å². The lowest BCUT2D eigenvalue weighted by molar-refractivity contribution is -0.114. The van der Waals surface area contributed by atoms with Crippen molar-refractivity contribution in [2.45, 2.75) is 30.6 Å². The number of benzene rings is 2. The van der Waals surface area contributed by atoms with Crippen LogP contribution < -0.4 is 9.91 Å². The maximum Gasteiger partial charge on any atom is 0.294 e. The van der Waals surface area contributed by atoms with Crippen LogP contribution in [0.25, 0.3) is 0 Å². The number of fused-ring (bicyclic) bond motifs is 1. The predicted molar refractivity (Wildman–Crippen MR) is 123 cm³/mol. The summed E-state index contributed by atoms with van der Waals surface area (Å²) in [6.07, 6.45) is 2.01. The molecule has 0 saturated carbocycles. The van der Waals surface area contributed by atoms with Crippen LogP contribution >= 0.6 is 11.8 Å². The molecule has 2 aliphatic heterocycles. The lowest BCUT2D eigenvalue weighted by atomic mass is 10.1. The summed E-state index contributed by atoms with van der Waals surface area (Å²) in [4.78, 5) is 16.3. The maximum absolute atomic E-state index is 13.1. The first-order valence-electron chi connectivity index (χ1n) is 9.65. The molecule has 160 valence electrons. The molecule has 0 bridgehead atoms. The van der Waals surface area contributed by atoms with Gasteiger partial charge in [0.2, 0.25) is 0 Å². The number of rotatable bonds is 4. The molecule has 0 aliphatic carbocycles. The number of amides is 1. The van der Waals surface area contributed by atoms with Crippen molar-refractivity contribution < 1.29 is 17.8 Å². The highest BCUT2D eigenvalue weighted by Crippen LogP contribution is 2.46. The molecule has 1 N–H and O–H groups in total. The quantitative estimate of drug-likeness (QED) is 0.541. The zero-order chi connectivity index (χ0) is 22.3. The van der Waals surface area contributed by atoms with Crippen molar-refractivity contribution in [3.8, 4) is 0 Å². The second-order valence-electron chi connectivity index (χ2n) is 7.13. The average Bonchev–Trinajstić information content (AvgIpc) is 3.23. The predicted octanol–water partition coefficient (Wildman–Crippen LogP) is 4.45. The van der Waals surface area contributed by atoms with Crippen molar-refractivity contribution >= 4 is 44.9 Å². The van der Waals surface area contributed by atoms with Gasteiger partial charge in [0.05, 0.1) is 32.6 Å². The lowest BCUT2D eigenvalue weighted by Crippen LogP contribution is -2.22. The molecular formula is C22H21N3O4S2. The van der Waals surface area contributed by atoms with Crippen LogP contribution in [0.15, 0.2) is 85.7 Å². The van der Waals surface area contributed by atoms with E-state index in [0.29, 0.717) is 17.0 Å². The fraction of sp³-hybridized carbons (Fsp3) is 0.182. The van der Waals surface area contributed by atoms with Crippen LogP contribution in [0.5, 0.6) is 0 Å². The molecule has 0 fully saturated rings. The van der Waals surface area contributed by atoms with Gasteiger partial charge in [-0.1, -0.05) is 23.9 Å². The van der Waals surface area contributed by atoms with E-state index in [0.717, 1.165) is 22.8 Å². The summed E-state index contributed by atoms with van der Waals surface area (Å²) in [7, 11) is -4.30. The Morgan fingerprint density at radius 3 is 2.48 bits per heavy atom. The highest BCUT2D eigenvalue weighted by Gasteiger charge is 2.31. The number of thioether (sulfide) groups is 1. The van der Waals surface area contributed by atoms with Crippen molar-refractivity contribution in [3.05, 3.63) is 70.8 Å². The summed E-state index contributed by atoms with van der Waals surface area (Å²) in [5.41, 5.74) is 3.48. The molecule has 2 aliphatic rings. The Morgan fingerprint density at radius 1 is 1.16 bits per heavy atom. The second-order valence-corrected chi connectivity index (χ2v) is 9.61. The van der Waals surface area contributed by atoms with Gasteiger partial charge in [0.1, 0.15) is 0 Å². The highest BCUT2D eigenvalue weighted by atomic mass is 32.2. The van der Waals surface area contributed by atoms with Crippen molar-refractivity contribution in [2.24, 2.45) is 5.10 Å². The van der Waals surface area contributed by atoms with Crippen LogP contribution in [0.1, 0.15) is 20.8 Å². The molecule has 2 heterocycles. The van der Waals surface area contributed by atoms with Crippen molar-refractivity contribution in [2.75, 3.05) is 16.5 Å². The van der Waals surface area contributed by atoms with E-state index in [-0.39, 0.29) is 10.8 Å². The van der Waals surface area contributed by atoms with Gasteiger partial charge in [0.15, 0.2) is 0 Å². The minimum Gasteiger partial charge on any atom is -0.335 e. The Bertz CT molecular complexity index is 1260. The molecule has 1 amide bonds. The Labute approximate surface area is 185 Å². The van der Waals surface area contributed by atoms with Gasteiger partial charge in [-0.2, -0.15) is 18.5 Å². The van der Waals surface area contributed by atoms with Gasteiger partial charge in [-0.05, 0) is 68.8 Å². The fourth-order valence-corrected chi connectivity index (χ4v) is 5.35. The number of hydrogen-bond acceptors (Lipinski definition) is 6. The number of carbonyl (C=O) groups excluding carboxylic acids is 1. The third-order valence-electron chi connectivity index (χ3n) is 5.08. The van der Waals surface area contributed by atoms with E-state index < -0.39 is 10.1 Å². The third-order valence-corrected chi connectivity index (χ3v) is 7.06. The smallest absolute Gasteiger partial charge is 0.294 e. The van der Waals surface area contributed by atoms with Crippen molar-refractivity contribution in [1.29, 1.82) is 0 Å². The first-order valence-corrected chi connectivity index (χ1v) is 11.9. The third kappa shape index (κ3) is 3.91. The molecule has 0 unspecified atom stereocenters. The molecule has 2 aromatic rings. The molecule has 7 nitrogen and oxygen atoms in total. The monoisotopic (exact) mass is 455 g/mol. The number of nitrogens with zero attached hydrogens (tertiary/aromatic N) is 3. The number of hydrogen-bond donors (Lipinski definition) is 1. The van der Waals surface area contributed by atoms with Crippen molar-refractivity contribution in [1.82, 2.24) is 0 Å². The second kappa shape index (κ2) is 7.99. The van der Waals surface area contributed by atoms with E-state index in [1.807, 2.05) is 25.1 Å². The highest BCUT2D eigenvalue weighted by molar-refractivity contribution is 8.03. The largest absolute Gasteiger partial charge is 0.335 e. The molecule has 0 saturated heterocycles. The van der Waals surface area contributed by atoms with Crippen LogP contribution in [0, 0.1) is 0 Å². The molecule has 0 radical (unpaired) electrons. The van der Waals surface area contributed by atoms with Gasteiger partial charge in [0.25, 0.3) is 16.0 Å². The summed E-state index contributed by atoms with van der Waals surface area (Å²) in [5.74, 6) is -0.282. The Balaban J connectivity index is 1.65. The normalized spacial score (nSPS) is 19.2. The van der Waals surface area contributed by atoms with Crippen molar-refractivity contribution in [3.63, 3.8) is 0 Å². The molecule has 4 rings (SSSR count). The average molecular weight is 456 g/mol. The molecule has 0 aromatic heterocycles. The lowest BCUT2D eigenvalue weighted by Gasteiger charge is -2.18. The van der Waals surface area contributed by atoms with E-state index >= 15 is 0 Å². The standard InChI is InChI=1S/C22H21N3O4S2/c1-4-24-18-7-5-6-8-19(18)30-20(24)13-14(2)21-15(3)23-25(22(21)26)16-9-11-17(12-10-16)31(27,28)29/h5-13H,4H2,1-3H3,(H,27,28,29)/b20-13-,21-14+. The van der Waals surface area contributed by atoms with Gasteiger partial charge in [-0.3, -0.25) is 9.35 Å². The summed E-state index contributed by atoms with van der Waals surface area (Å²) >= 11 is 1.67. The first kappa shape index (κ1) is 21.4. The number of para-hydroxylation sites is 1. The van der Waals surface area contributed by atoms with Gasteiger partial charge < -0.3 is 4.90 Å². The molecular weight excluding hydrogens is 434 g/mol. The minimum atomic E-state index is -4.30. The fourth-order valence-electron chi connectivity index (χ4n) is 3.64. The van der Waals surface area contributed by atoms with Gasteiger partial charge >= 0.3 is 0 Å². The number of allylic oxidation sites excluding steroid dienone is 2. The number of anilines is 2. The SMILES string of the molecule is CCN1/C(=C/C(C)=C2/C(=O)N(c3ccc(S(=O)(=O)O)cc3)N=C2C)Sc2ccccc21. The molecule has 0 spiro atoms. The first-order chi connectivity index (χ1) is 14.7. The summed E-state index contributed by atoms with van der Waals surface area (Å²) in [5, 5.41) is 6.66. The van der Waals surface area contributed by atoms with E-state index in [9.17, 15) is 13.2 Å². The van der Waals surface area contributed by atoms with Gasteiger partial charge in [0, 0.05) is 11.4 Å². The summed E-state index contributed by atoms with van der Waals surface area (Å²) in [6.45, 7) is 6.56. The zero-order valence-electron chi connectivity index (χ0n) is 17.2. The Hall–Kier alpha value is -2.88. The van der Waals surface area contributed by atoms with E-state index in [1.54, 1.807) is 18.7 Å². The van der Waals surface area contributed by atoms with Crippen LogP contribution in [0.4, 0.5) is 11.4 Å². The topological polar surface area (TPSA) is 90.3 Å². The molecule has 9 heteroatoms. The maximum atomic E-state index is 13.1. The summed E-state index contributed by atoms with van der Waals surface area (Å²) in [6, 6.07) is 13.6. The molecule has 0 atom stereocenters. The minimum absolute atomic E-state index is 0.238. The van der Waals surface area contributed by atoms with Gasteiger partial charge in [-0.15, -0.1) is 0 Å². The number of carbonyl (C=O) groups is 1.